The summed E-state index contributed by atoms with van der Waals surface area (Å²) in [6.45, 7) is -0.426. The summed E-state index contributed by atoms with van der Waals surface area (Å²) in [6, 6.07) is 15.3. The maximum atomic E-state index is 13.7. The molecule has 0 aliphatic carbocycles. The smallest absolute Gasteiger partial charge is 0.335 e. The zero-order valence-electron chi connectivity index (χ0n) is 19.3. The molecule has 1 heterocycles. The molecule has 0 atom stereocenters. The fourth-order valence-corrected chi connectivity index (χ4v) is 3.56. The average molecular weight is 524 g/mol. The van der Waals surface area contributed by atoms with Crippen molar-refractivity contribution < 1.29 is 33.0 Å². The summed E-state index contributed by atoms with van der Waals surface area (Å²) >= 11 is 5.88. The van der Waals surface area contributed by atoms with Crippen LogP contribution in [-0.4, -0.2) is 37.5 Å². The Bertz CT molecular complexity index is 1420. The Morgan fingerprint density at radius 3 is 2.49 bits per heavy atom. The molecule has 3 aromatic rings. The monoisotopic (exact) mass is 523 g/mol. The van der Waals surface area contributed by atoms with E-state index >= 15 is 0 Å². The maximum Gasteiger partial charge on any atom is 0.335 e. The van der Waals surface area contributed by atoms with Crippen molar-refractivity contribution in [2.45, 2.75) is 0 Å². The van der Waals surface area contributed by atoms with E-state index in [1.807, 2.05) is 0 Å². The highest BCUT2D eigenvalue weighted by Gasteiger charge is 2.36. The van der Waals surface area contributed by atoms with E-state index in [-0.39, 0.29) is 28.4 Å². The summed E-state index contributed by atoms with van der Waals surface area (Å²) in [5.41, 5.74) is 0.366. The quantitative estimate of drug-likeness (QED) is 0.355. The predicted molar refractivity (Wildman–Crippen MR) is 134 cm³/mol. The standard InChI is InChI=1S/C26H19ClFN3O6/c1-36-22-13-15(6-11-21(22)37-14-23(32)29-20-5-3-2-4-19(20)28)12-18-24(33)30-26(35)31(25(18)34)17-9-7-16(27)8-10-17/h2-13H,14H2,1H3,(H,29,32)(H,30,33,35)/b18-12-. The first-order valence-corrected chi connectivity index (χ1v) is 11.2. The molecule has 0 spiro atoms. The topological polar surface area (TPSA) is 114 Å². The average Bonchev–Trinajstić information content (AvgIpc) is 2.88. The van der Waals surface area contributed by atoms with Crippen molar-refractivity contribution in [1.82, 2.24) is 5.32 Å². The van der Waals surface area contributed by atoms with E-state index in [0.29, 0.717) is 10.6 Å². The van der Waals surface area contributed by atoms with Gasteiger partial charge in [-0.3, -0.25) is 19.7 Å². The number of carbonyl (C=O) groups is 4. The molecule has 0 bridgehead atoms. The molecular weight excluding hydrogens is 505 g/mol. The maximum absolute atomic E-state index is 13.7. The Hall–Kier alpha value is -4.70. The third-order valence-corrected chi connectivity index (χ3v) is 5.44. The number of ether oxygens (including phenoxy) is 2. The second-order valence-electron chi connectivity index (χ2n) is 7.66. The van der Waals surface area contributed by atoms with Crippen LogP contribution in [0.4, 0.5) is 20.6 Å². The van der Waals surface area contributed by atoms with Gasteiger partial charge in [-0.1, -0.05) is 29.8 Å². The summed E-state index contributed by atoms with van der Waals surface area (Å²) in [5.74, 6) is -2.43. The lowest BCUT2D eigenvalue weighted by Crippen LogP contribution is -2.54. The van der Waals surface area contributed by atoms with Crippen LogP contribution in [-0.2, 0) is 14.4 Å². The number of hydrogen-bond donors (Lipinski definition) is 2. The van der Waals surface area contributed by atoms with Gasteiger partial charge in [0.2, 0.25) is 0 Å². The van der Waals surface area contributed by atoms with Crippen LogP contribution in [0.25, 0.3) is 6.08 Å². The molecule has 0 unspecified atom stereocenters. The molecule has 1 aliphatic heterocycles. The van der Waals surface area contributed by atoms with E-state index in [1.165, 1.54) is 73.8 Å². The van der Waals surface area contributed by atoms with Crippen molar-refractivity contribution in [3.63, 3.8) is 0 Å². The number of methoxy groups -OCH3 is 1. The minimum absolute atomic E-state index is 0.0200. The van der Waals surface area contributed by atoms with Gasteiger partial charge in [0.25, 0.3) is 17.7 Å². The number of hydrogen-bond acceptors (Lipinski definition) is 6. The van der Waals surface area contributed by atoms with Gasteiger partial charge >= 0.3 is 6.03 Å². The van der Waals surface area contributed by atoms with E-state index in [9.17, 15) is 23.6 Å². The second-order valence-corrected chi connectivity index (χ2v) is 8.10. The first-order chi connectivity index (χ1) is 17.8. The van der Waals surface area contributed by atoms with Crippen LogP contribution in [0.1, 0.15) is 5.56 Å². The first kappa shape index (κ1) is 25.4. The number of urea groups is 1. The van der Waals surface area contributed by atoms with Crippen molar-refractivity contribution in [3.8, 4) is 11.5 Å². The molecule has 5 amide bonds. The van der Waals surface area contributed by atoms with Gasteiger partial charge in [0.1, 0.15) is 11.4 Å². The lowest BCUT2D eigenvalue weighted by molar-refractivity contribution is -0.122. The number of nitrogens with one attached hydrogen (secondary N) is 2. The highest BCUT2D eigenvalue weighted by Crippen LogP contribution is 2.30. The van der Waals surface area contributed by atoms with E-state index in [1.54, 1.807) is 6.07 Å². The zero-order chi connectivity index (χ0) is 26.5. The van der Waals surface area contributed by atoms with Crippen LogP contribution in [0, 0.1) is 5.82 Å². The van der Waals surface area contributed by atoms with Gasteiger partial charge in [0.05, 0.1) is 18.5 Å². The Kier molecular flexibility index (Phi) is 7.49. The molecule has 0 saturated carbocycles. The van der Waals surface area contributed by atoms with Crippen LogP contribution in [0.2, 0.25) is 5.02 Å². The minimum Gasteiger partial charge on any atom is -0.493 e. The van der Waals surface area contributed by atoms with Gasteiger partial charge in [-0.05, 0) is 60.2 Å². The molecule has 1 saturated heterocycles. The van der Waals surface area contributed by atoms with Crippen LogP contribution in [0.15, 0.2) is 72.3 Å². The molecule has 37 heavy (non-hydrogen) atoms. The lowest BCUT2D eigenvalue weighted by atomic mass is 10.1. The molecule has 11 heteroatoms. The summed E-state index contributed by atoms with van der Waals surface area (Å²) in [6.07, 6.45) is 1.30. The number of nitrogens with zero attached hydrogens (tertiary/aromatic N) is 1. The Morgan fingerprint density at radius 1 is 1.05 bits per heavy atom. The Labute approximate surface area is 215 Å². The minimum atomic E-state index is -0.885. The van der Waals surface area contributed by atoms with Crippen molar-refractivity contribution >= 4 is 52.8 Å². The molecule has 1 fully saturated rings. The SMILES string of the molecule is COc1cc(/C=C2/C(=O)NC(=O)N(c3ccc(Cl)cc3)C2=O)ccc1OCC(=O)Nc1ccccc1F. The molecule has 4 rings (SSSR count). The highest BCUT2D eigenvalue weighted by molar-refractivity contribution is 6.39. The first-order valence-electron chi connectivity index (χ1n) is 10.8. The molecule has 1 aliphatic rings. The fraction of sp³-hybridized carbons (Fsp3) is 0.0769. The molecular formula is C26H19ClFN3O6. The summed E-state index contributed by atoms with van der Waals surface area (Å²) in [5, 5.41) is 4.96. The highest BCUT2D eigenvalue weighted by atomic mass is 35.5. The number of barbiturate groups is 1. The van der Waals surface area contributed by atoms with Crippen LogP contribution < -0.4 is 25.0 Å². The number of carbonyl (C=O) groups excluding carboxylic acids is 4. The number of anilines is 2. The molecule has 3 aromatic carbocycles. The van der Waals surface area contributed by atoms with Crippen molar-refractivity contribution in [2.75, 3.05) is 23.9 Å². The van der Waals surface area contributed by atoms with Gasteiger partial charge in [-0.25, -0.2) is 14.1 Å². The number of imide groups is 2. The normalized spacial score (nSPS) is 14.4. The Balaban J connectivity index is 1.51. The third kappa shape index (κ3) is 5.76. The summed E-state index contributed by atoms with van der Waals surface area (Å²) in [7, 11) is 1.37. The van der Waals surface area contributed by atoms with Crippen molar-refractivity contribution in [2.24, 2.45) is 0 Å². The lowest BCUT2D eigenvalue weighted by Gasteiger charge is -2.26. The molecule has 2 N–H and O–H groups in total. The second kappa shape index (κ2) is 10.9. The van der Waals surface area contributed by atoms with E-state index in [4.69, 9.17) is 21.1 Å². The van der Waals surface area contributed by atoms with E-state index in [2.05, 4.69) is 10.6 Å². The molecule has 0 radical (unpaired) electrons. The number of halogens is 2. The van der Waals surface area contributed by atoms with Crippen LogP contribution in [0.5, 0.6) is 11.5 Å². The van der Waals surface area contributed by atoms with Gasteiger partial charge in [0, 0.05) is 5.02 Å². The Morgan fingerprint density at radius 2 is 1.78 bits per heavy atom. The molecule has 9 nitrogen and oxygen atoms in total. The van der Waals surface area contributed by atoms with Crippen LogP contribution >= 0.6 is 11.6 Å². The zero-order valence-corrected chi connectivity index (χ0v) is 20.0. The fourth-order valence-electron chi connectivity index (χ4n) is 3.43. The van der Waals surface area contributed by atoms with Gasteiger partial charge in [0.15, 0.2) is 18.1 Å². The predicted octanol–water partition coefficient (Wildman–Crippen LogP) is 4.17. The van der Waals surface area contributed by atoms with Gasteiger partial charge in [-0.15, -0.1) is 0 Å². The molecule has 188 valence electrons. The molecule has 0 aromatic heterocycles. The largest absolute Gasteiger partial charge is 0.493 e. The van der Waals surface area contributed by atoms with E-state index in [0.717, 1.165) is 4.90 Å². The number of para-hydroxylation sites is 1. The number of amides is 5. The van der Waals surface area contributed by atoms with E-state index < -0.39 is 36.2 Å². The third-order valence-electron chi connectivity index (χ3n) is 5.19. The number of rotatable bonds is 7. The summed E-state index contributed by atoms with van der Waals surface area (Å²) in [4.78, 5) is 50.8. The summed E-state index contributed by atoms with van der Waals surface area (Å²) < 4.78 is 24.5. The van der Waals surface area contributed by atoms with Crippen LogP contribution in [0.3, 0.4) is 0 Å². The van der Waals surface area contributed by atoms with Crippen molar-refractivity contribution in [1.29, 1.82) is 0 Å². The van der Waals surface area contributed by atoms with Crippen molar-refractivity contribution in [3.05, 3.63) is 88.7 Å². The van der Waals surface area contributed by atoms with Gasteiger partial charge in [-0.2, -0.15) is 0 Å². The number of benzene rings is 3. The van der Waals surface area contributed by atoms with Gasteiger partial charge < -0.3 is 14.8 Å².